The first kappa shape index (κ1) is 18.1. The number of aliphatic imine (C=N–C) groups is 1. The van der Waals surface area contributed by atoms with E-state index in [4.69, 9.17) is 14.2 Å². The Morgan fingerprint density at radius 2 is 2.08 bits per heavy atom. The molecule has 0 saturated carbocycles. The SMILES string of the molecule is CC(C)OC(=NCCC[NH+](C)C)NC(=O)c1ccc2c(c1)OCO2. The lowest BCUT2D eigenvalue weighted by Gasteiger charge is -2.14. The smallest absolute Gasteiger partial charge is 0.291 e. The average molecular weight is 336 g/mol. The molecule has 24 heavy (non-hydrogen) atoms. The van der Waals surface area contributed by atoms with Crippen molar-refractivity contribution in [2.75, 3.05) is 34.0 Å². The van der Waals surface area contributed by atoms with Crippen LogP contribution in [-0.4, -0.2) is 52.0 Å². The molecule has 0 saturated heterocycles. The number of quaternary nitrogens is 1. The van der Waals surface area contributed by atoms with Crippen LogP contribution in [0.5, 0.6) is 11.5 Å². The van der Waals surface area contributed by atoms with E-state index >= 15 is 0 Å². The molecular formula is C17H26N3O4+. The first-order valence-electron chi connectivity index (χ1n) is 8.17. The van der Waals surface area contributed by atoms with Crippen LogP contribution in [0.4, 0.5) is 0 Å². The zero-order chi connectivity index (χ0) is 17.5. The number of ether oxygens (including phenoxy) is 3. The van der Waals surface area contributed by atoms with Gasteiger partial charge >= 0.3 is 0 Å². The number of benzene rings is 1. The molecule has 0 bridgehead atoms. The summed E-state index contributed by atoms with van der Waals surface area (Å²) in [6.07, 6.45) is 0.855. The van der Waals surface area contributed by atoms with Crippen molar-refractivity contribution in [3.8, 4) is 11.5 Å². The number of rotatable bonds is 6. The van der Waals surface area contributed by atoms with Gasteiger partial charge < -0.3 is 19.1 Å². The van der Waals surface area contributed by atoms with Gasteiger partial charge in [-0.2, -0.15) is 0 Å². The first-order chi connectivity index (χ1) is 11.5. The number of nitrogens with zero attached hydrogens (tertiary/aromatic N) is 1. The standard InChI is InChI=1S/C17H25N3O4/c1-12(2)24-17(18-8-5-9-20(3)4)19-16(21)13-6-7-14-15(10-13)23-11-22-14/h6-7,10,12H,5,8-9,11H2,1-4H3,(H,18,19,21)/p+1. The molecule has 1 amide bonds. The zero-order valence-corrected chi connectivity index (χ0v) is 14.7. The molecule has 1 aliphatic heterocycles. The second-order valence-electron chi connectivity index (χ2n) is 6.19. The molecule has 2 N–H and O–H groups in total. The number of hydrogen-bond acceptors (Lipinski definition) is 5. The molecule has 1 aromatic carbocycles. The van der Waals surface area contributed by atoms with Crippen molar-refractivity contribution < 1.29 is 23.9 Å². The molecule has 7 nitrogen and oxygen atoms in total. The predicted molar refractivity (Wildman–Crippen MR) is 90.8 cm³/mol. The Bertz CT molecular complexity index is 599. The topological polar surface area (TPSA) is 73.6 Å². The zero-order valence-electron chi connectivity index (χ0n) is 14.7. The van der Waals surface area contributed by atoms with Gasteiger partial charge in [-0.1, -0.05) is 0 Å². The molecule has 0 radical (unpaired) electrons. The summed E-state index contributed by atoms with van der Waals surface area (Å²) in [5.41, 5.74) is 0.469. The quantitative estimate of drug-likeness (QED) is 0.450. The maximum absolute atomic E-state index is 12.4. The van der Waals surface area contributed by atoms with Gasteiger partial charge in [0.2, 0.25) is 6.79 Å². The Morgan fingerprint density at radius 3 is 2.79 bits per heavy atom. The van der Waals surface area contributed by atoms with Gasteiger partial charge in [-0.3, -0.25) is 10.1 Å². The number of amides is 1. The van der Waals surface area contributed by atoms with Crippen molar-refractivity contribution in [1.29, 1.82) is 0 Å². The van der Waals surface area contributed by atoms with E-state index in [-0.39, 0.29) is 24.8 Å². The van der Waals surface area contributed by atoms with Crippen LogP contribution in [0.25, 0.3) is 0 Å². The number of carbonyl (C=O) groups is 1. The van der Waals surface area contributed by atoms with Crippen LogP contribution in [0.15, 0.2) is 23.2 Å². The van der Waals surface area contributed by atoms with Crippen LogP contribution in [-0.2, 0) is 4.74 Å². The Balaban J connectivity index is 1.99. The molecule has 0 spiro atoms. The van der Waals surface area contributed by atoms with E-state index in [9.17, 15) is 4.79 Å². The molecule has 7 heteroatoms. The number of hydrogen-bond donors (Lipinski definition) is 2. The Morgan fingerprint density at radius 1 is 1.33 bits per heavy atom. The molecule has 1 aromatic rings. The van der Waals surface area contributed by atoms with Gasteiger partial charge in [0.25, 0.3) is 11.9 Å². The van der Waals surface area contributed by atoms with Gasteiger partial charge in [-0.15, -0.1) is 0 Å². The largest absolute Gasteiger partial charge is 0.462 e. The third-order valence-corrected chi connectivity index (χ3v) is 3.29. The van der Waals surface area contributed by atoms with E-state index in [1.165, 1.54) is 4.90 Å². The minimum absolute atomic E-state index is 0.0692. The number of nitrogens with one attached hydrogen (secondary N) is 2. The second kappa shape index (κ2) is 8.54. The normalized spacial score (nSPS) is 13.5. The van der Waals surface area contributed by atoms with Gasteiger partial charge in [-0.25, -0.2) is 4.99 Å². The summed E-state index contributed by atoms with van der Waals surface area (Å²) in [5, 5.41) is 2.73. The average Bonchev–Trinajstić information content (AvgIpc) is 2.98. The van der Waals surface area contributed by atoms with Crippen molar-refractivity contribution in [3.63, 3.8) is 0 Å². The van der Waals surface area contributed by atoms with E-state index in [0.717, 1.165) is 13.0 Å². The summed E-state index contributed by atoms with van der Waals surface area (Å²) in [6, 6.07) is 5.31. The van der Waals surface area contributed by atoms with Gasteiger partial charge in [0.1, 0.15) is 0 Å². The highest BCUT2D eigenvalue weighted by molar-refractivity contribution is 6.04. The van der Waals surface area contributed by atoms with Crippen molar-refractivity contribution in [2.45, 2.75) is 26.4 Å². The van der Waals surface area contributed by atoms with Crippen molar-refractivity contribution >= 4 is 11.9 Å². The highest BCUT2D eigenvalue weighted by Crippen LogP contribution is 2.32. The van der Waals surface area contributed by atoms with Crippen molar-refractivity contribution in [1.82, 2.24) is 5.32 Å². The Kier molecular flexibility index (Phi) is 6.43. The van der Waals surface area contributed by atoms with E-state index in [1.54, 1.807) is 18.2 Å². The minimum atomic E-state index is -0.286. The fraction of sp³-hybridized carbons (Fsp3) is 0.529. The van der Waals surface area contributed by atoms with Gasteiger partial charge in [0.05, 0.1) is 26.7 Å². The van der Waals surface area contributed by atoms with Crippen LogP contribution in [0.3, 0.4) is 0 Å². The number of amidine groups is 1. The Hall–Kier alpha value is -2.28. The molecule has 1 aliphatic rings. The van der Waals surface area contributed by atoms with Crippen LogP contribution >= 0.6 is 0 Å². The summed E-state index contributed by atoms with van der Waals surface area (Å²) in [5.74, 6) is 0.927. The first-order valence-corrected chi connectivity index (χ1v) is 8.17. The fourth-order valence-electron chi connectivity index (χ4n) is 2.15. The summed E-state index contributed by atoms with van der Waals surface area (Å²) >= 11 is 0. The summed E-state index contributed by atoms with van der Waals surface area (Å²) in [6.45, 7) is 5.58. The maximum Gasteiger partial charge on any atom is 0.291 e. The van der Waals surface area contributed by atoms with Crippen LogP contribution in [0, 0.1) is 0 Å². The summed E-state index contributed by atoms with van der Waals surface area (Å²) in [7, 11) is 4.19. The third kappa shape index (κ3) is 5.42. The van der Waals surface area contributed by atoms with E-state index in [0.29, 0.717) is 23.6 Å². The molecule has 1 heterocycles. The lowest BCUT2D eigenvalue weighted by molar-refractivity contribution is -0.858. The van der Waals surface area contributed by atoms with Gasteiger partial charge in [-0.05, 0) is 32.0 Å². The highest BCUT2D eigenvalue weighted by Gasteiger charge is 2.17. The minimum Gasteiger partial charge on any atom is -0.462 e. The summed E-state index contributed by atoms with van der Waals surface area (Å²) in [4.78, 5) is 18.1. The van der Waals surface area contributed by atoms with Crippen molar-refractivity contribution in [3.05, 3.63) is 23.8 Å². The summed E-state index contributed by atoms with van der Waals surface area (Å²) < 4.78 is 16.1. The second-order valence-corrected chi connectivity index (χ2v) is 6.19. The van der Waals surface area contributed by atoms with E-state index in [2.05, 4.69) is 24.4 Å². The van der Waals surface area contributed by atoms with Crippen molar-refractivity contribution in [2.24, 2.45) is 4.99 Å². The molecule has 0 aliphatic carbocycles. The van der Waals surface area contributed by atoms with Crippen LogP contribution in [0.1, 0.15) is 30.6 Å². The van der Waals surface area contributed by atoms with Crippen LogP contribution < -0.4 is 19.7 Å². The van der Waals surface area contributed by atoms with E-state index < -0.39 is 0 Å². The van der Waals surface area contributed by atoms with Gasteiger partial charge in [0, 0.05) is 18.5 Å². The monoisotopic (exact) mass is 336 g/mol. The molecular weight excluding hydrogens is 310 g/mol. The molecule has 0 unspecified atom stereocenters. The molecule has 0 aromatic heterocycles. The molecule has 2 rings (SSSR count). The van der Waals surface area contributed by atoms with E-state index in [1.807, 2.05) is 13.8 Å². The lowest BCUT2D eigenvalue weighted by atomic mass is 10.2. The molecule has 0 fully saturated rings. The maximum atomic E-state index is 12.4. The predicted octanol–water partition coefficient (Wildman–Crippen LogP) is 0.461. The molecule has 0 atom stereocenters. The van der Waals surface area contributed by atoms with Gasteiger partial charge in [0.15, 0.2) is 11.5 Å². The third-order valence-electron chi connectivity index (χ3n) is 3.29. The molecule has 132 valence electrons. The highest BCUT2D eigenvalue weighted by atomic mass is 16.7. The lowest BCUT2D eigenvalue weighted by Crippen LogP contribution is -3.05. The fourth-order valence-corrected chi connectivity index (χ4v) is 2.15. The van der Waals surface area contributed by atoms with Crippen LogP contribution in [0.2, 0.25) is 0 Å². The number of carbonyl (C=O) groups excluding carboxylic acids is 1. The number of fused-ring (bicyclic) bond motifs is 1. The Labute approximate surface area is 142 Å².